The van der Waals surface area contributed by atoms with Crippen molar-refractivity contribution < 1.29 is 14.5 Å². The number of anilines is 1. The van der Waals surface area contributed by atoms with Crippen LogP contribution in [0.3, 0.4) is 0 Å². The van der Waals surface area contributed by atoms with E-state index >= 15 is 0 Å². The zero-order valence-electron chi connectivity index (χ0n) is 13.2. The van der Waals surface area contributed by atoms with Crippen LogP contribution in [-0.2, 0) is 11.3 Å². The molecule has 2 aromatic rings. The molecule has 0 saturated carbocycles. The zero-order chi connectivity index (χ0) is 17.5. The van der Waals surface area contributed by atoms with Crippen molar-refractivity contribution in [2.24, 2.45) is 5.73 Å². The molecular formula is C15H18N4O4S. The van der Waals surface area contributed by atoms with Crippen molar-refractivity contribution in [3.8, 4) is 0 Å². The summed E-state index contributed by atoms with van der Waals surface area (Å²) >= 11 is 1.33. The van der Waals surface area contributed by atoms with Crippen molar-refractivity contribution in [3.63, 3.8) is 0 Å². The van der Waals surface area contributed by atoms with Gasteiger partial charge in [-0.15, -0.1) is 11.3 Å². The van der Waals surface area contributed by atoms with Crippen molar-refractivity contribution in [3.05, 3.63) is 51.0 Å². The Labute approximate surface area is 143 Å². The van der Waals surface area contributed by atoms with Gasteiger partial charge in [0.1, 0.15) is 0 Å². The summed E-state index contributed by atoms with van der Waals surface area (Å²) in [5.74, 6) is -0.456. The van der Waals surface area contributed by atoms with Crippen LogP contribution in [0.1, 0.15) is 23.0 Å². The fraction of sp³-hybridized carbons (Fsp3) is 0.333. The normalized spacial score (nSPS) is 10.4. The summed E-state index contributed by atoms with van der Waals surface area (Å²) in [5, 5.41) is 13.0. The first-order chi connectivity index (χ1) is 11.5. The van der Waals surface area contributed by atoms with Gasteiger partial charge < -0.3 is 15.4 Å². The minimum absolute atomic E-state index is 0.0444. The second kappa shape index (κ2) is 8.37. The molecule has 0 aliphatic rings. The number of nitrogens with two attached hydrogens (primary N) is 1. The molecule has 0 aliphatic carbocycles. The van der Waals surface area contributed by atoms with Gasteiger partial charge in [0.2, 0.25) is 0 Å². The van der Waals surface area contributed by atoms with E-state index in [1.54, 1.807) is 24.4 Å². The maximum absolute atomic E-state index is 11.7. The summed E-state index contributed by atoms with van der Waals surface area (Å²) in [6.45, 7) is 3.49. The molecule has 0 fully saturated rings. The van der Waals surface area contributed by atoms with Crippen LogP contribution >= 0.6 is 11.3 Å². The van der Waals surface area contributed by atoms with Crippen molar-refractivity contribution in [2.45, 2.75) is 13.5 Å². The fourth-order valence-electron chi connectivity index (χ4n) is 2.05. The van der Waals surface area contributed by atoms with Crippen LogP contribution in [0.25, 0.3) is 0 Å². The summed E-state index contributed by atoms with van der Waals surface area (Å²) < 4.78 is 4.93. The quantitative estimate of drug-likeness (QED) is 0.441. The lowest BCUT2D eigenvalue weighted by atomic mass is 10.2. The van der Waals surface area contributed by atoms with Crippen molar-refractivity contribution in [1.82, 2.24) is 4.98 Å². The first-order valence-electron chi connectivity index (χ1n) is 7.36. The molecule has 1 aromatic heterocycles. The van der Waals surface area contributed by atoms with Gasteiger partial charge in [-0.2, -0.15) is 0 Å². The van der Waals surface area contributed by atoms with E-state index in [4.69, 9.17) is 10.5 Å². The Bertz CT molecular complexity index is 702. The number of thiazole rings is 1. The number of nitro benzene ring substituents is 1. The average molecular weight is 350 g/mol. The van der Waals surface area contributed by atoms with Gasteiger partial charge in [-0.1, -0.05) is 12.1 Å². The van der Waals surface area contributed by atoms with Crippen LogP contribution in [0.15, 0.2) is 29.6 Å². The Balaban J connectivity index is 2.14. The van der Waals surface area contributed by atoms with Crippen LogP contribution < -0.4 is 10.6 Å². The SMILES string of the molecule is CCOC(=O)c1csc(N(CCN)Cc2ccc([N+](=O)[O-])cc2)n1. The fourth-order valence-corrected chi connectivity index (χ4v) is 2.87. The standard InChI is InChI=1S/C15H18N4O4S/c1-2-23-14(20)13-10-24-15(17-13)18(8-7-16)9-11-3-5-12(6-4-11)19(21)22/h3-6,10H,2,7-9,16H2,1H3. The van der Waals surface area contributed by atoms with Gasteiger partial charge in [0, 0.05) is 37.1 Å². The Kier molecular flexibility index (Phi) is 6.21. The predicted octanol–water partition coefficient (Wildman–Crippen LogP) is 2.19. The highest BCUT2D eigenvalue weighted by Crippen LogP contribution is 2.23. The first kappa shape index (κ1) is 17.8. The summed E-state index contributed by atoms with van der Waals surface area (Å²) in [4.78, 5) is 28.2. The molecule has 0 saturated heterocycles. The van der Waals surface area contributed by atoms with E-state index in [0.717, 1.165) is 5.56 Å². The van der Waals surface area contributed by atoms with Crippen LogP contribution in [0, 0.1) is 10.1 Å². The van der Waals surface area contributed by atoms with E-state index in [1.165, 1.54) is 23.5 Å². The van der Waals surface area contributed by atoms with Gasteiger partial charge >= 0.3 is 5.97 Å². The molecule has 1 aromatic carbocycles. The van der Waals surface area contributed by atoms with Crippen LogP contribution in [0.4, 0.5) is 10.8 Å². The lowest BCUT2D eigenvalue weighted by molar-refractivity contribution is -0.384. The Morgan fingerprint density at radius 3 is 2.71 bits per heavy atom. The Morgan fingerprint density at radius 2 is 2.12 bits per heavy atom. The lowest BCUT2D eigenvalue weighted by Gasteiger charge is -2.21. The molecule has 2 N–H and O–H groups in total. The summed E-state index contributed by atoms with van der Waals surface area (Å²) in [6.07, 6.45) is 0. The van der Waals surface area contributed by atoms with Gasteiger partial charge in [-0.05, 0) is 12.5 Å². The molecule has 0 amide bonds. The van der Waals surface area contributed by atoms with Gasteiger partial charge in [-0.3, -0.25) is 10.1 Å². The van der Waals surface area contributed by atoms with E-state index in [9.17, 15) is 14.9 Å². The van der Waals surface area contributed by atoms with Crippen molar-refractivity contribution >= 4 is 28.1 Å². The van der Waals surface area contributed by atoms with E-state index in [0.29, 0.717) is 31.4 Å². The number of esters is 1. The number of hydrogen-bond donors (Lipinski definition) is 1. The van der Waals surface area contributed by atoms with Gasteiger partial charge in [0.05, 0.1) is 11.5 Å². The van der Waals surface area contributed by atoms with Crippen molar-refractivity contribution in [1.29, 1.82) is 0 Å². The molecule has 9 heteroatoms. The molecule has 0 radical (unpaired) electrons. The highest BCUT2D eigenvalue weighted by molar-refractivity contribution is 7.13. The number of nitro groups is 1. The summed E-state index contributed by atoms with van der Waals surface area (Å²) in [5.41, 5.74) is 6.85. The van der Waals surface area contributed by atoms with Crippen LogP contribution in [-0.4, -0.2) is 35.6 Å². The average Bonchev–Trinajstić information content (AvgIpc) is 3.05. The van der Waals surface area contributed by atoms with Crippen LogP contribution in [0.5, 0.6) is 0 Å². The number of hydrogen-bond acceptors (Lipinski definition) is 8. The smallest absolute Gasteiger partial charge is 0.357 e. The lowest BCUT2D eigenvalue weighted by Crippen LogP contribution is -2.29. The highest BCUT2D eigenvalue weighted by Gasteiger charge is 2.16. The maximum atomic E-state index is 11.7. The second-order valence-electron chi connectivity index (χ2n) is 4.87. The number of non-ortho nitro benzene ring substituents is 1. The number of ether oxygens (including phenoxy) is 1. The third-order valence-electron chi connectivity index (χ3n) is 3.17. The number of rotatable bonds is 8. The Hall–Kier alpha value is -2.52. The van der Waals surface area contributed by atoms with Gasteiger partial charge in [-0.25, -0.2) is 9.78 Å². The third-order valence-corrected chi connectivity index (χ3v) is 4.07. The molecule has 24 heavy (non-hydrogen) atoms. The van der Waals surface area contributed by atoms with Gasteiger partial charge in [0.15, 0.2) is 10.8 Å². The molecule has 2 rings (SSSR count). The number of carbonyl (C=O) groups excluding carboxylic acids is 1. The highest BCUT2D eigenvalue weighted by atomic mass is 32.1. The van der Waals surface area contributed by atoms with Crippen LogP contribution in [0.2, 0.25) is 0 Å². The van der Waals surface area contributed by atoms with E-state index in [2.05, 4.69) is 4.98 Å². The minimum Gasteiger partial charge on any atom is -0.461 e. The second-order valence-corrected chi connectivity index (χ2v) is 5.71. The van der Waals surface area contributed by atoms with Gasteiger partial charge in [0.25, 0.3) is 5.69 Å². The molecule has 0 spiro atoms. The van der Waals surface area contributed by atoms with E-state index < -0.39 is 10.9 Å². The molecule has 8 nitrogen and oxygen atoms in total. The molecule has 0 atom stereocenters. The summed E-state index contributed by atoms with van der Waals surface area (Å²) in [7, 11) is 0. The zero-order valence-corrected chi connectivity index (χ0v) is 14.0. The monoisotopic (exact) mass is 350 g/mol. The van der Waals surface area contributed by atoms with E-state index in [1.807, 2.05) is 4.90 Å². The van der Waals surface area contributed by atoms with E-state index in [-0.39, 0.29) is 11.4 Å². The Morgan fingerprint density at radius 1 is 1.42 bits per heavy atom. The number of nitrogens with zero attached hydrogens (tertiary/aromatic N) is 3. The largest absolute Gasteiger partial charge is 0.461 e. The molecule has 0 bridgehead atoms. The predicted molar refractivity (Wildman–Crippen MR) is 91.3 cm³/mol. The summed E-state index contributed by atoms with van der Waals surface area (Å²) in [6, 6.07) is 6.31. The molecule has 0 unspecified atom stereocenters. The number of carbonyl (C=O) groups is 1. The minimum atomic E-state index is -0.456. The van der Waals surface area contributed by atoms with Crippen molar-refractivity contribution in [2.75, 3.05) is 24.6 Å². The molecule has 0 aliphatic heterocycles. The molecule has 128 valence electrons. The maximum Gasteiger partial charge on any atom is 0.357 e. The number of aromatic nitrogens is 1. The first-order valence-corrected chi connectivity index (χ1v) is 8.24. The number of benzene rings is 1. The molecule has 1 heterocycles. The topological polar surface area (TPSA) is 112 Å². The third kappa shape index (κ3) is 4.49. The molecular weight excluding hydrogens is 332 g/mol.